The molecule has 2 aliphatic heterocycles. The minimum Gasteiger partial charge on any atom is -0.491 e. The third-order valence-electron chi connectivity index (χ3n) is 6.07. The summed E-state index contributed by atoms with van der Waals surface area (Å²) in [5.74, 6) is 0.0529. The van der Waals surface area contributed by atoms with Crippen LogP contribution in [-0.4, -0.2) is 29.4 Å². The van der Waals surface area contributed by atoms with Crippen molar-refractivity contribution in [1.29, 1.82) is 0 Å². The quantitative estimate of drug-likeness (QED) is 0.734. The Morgan fingerprint density at radius 2 is 2.10 bits per heavy atom. The topological polar surface area (TPSA) is 44.8 Å². The Morgan fingerprint density at radius 3 is 2.76 bits per heavy atom. The number of ether oxygens (including phenoxy) is 3. The van der Waals surface area contributed by atoms with Crippen molar-refractivity contribution < 1.29 is 19.0 Å². The van der Waals surface area contributed by atoms with Crippen molar-refractivity contribution in [2.45, 2.75) is 70.7 Å². The fourth-order valence-electron chi connectivity index (χ4n) is 4.61. The summed E-state index contributed by atoms with van der Waals surface area (Å²) in [5, 5.41) is 0. The Labute approximate surface area is 126 Å². The van der Waals surface area contributed by atoms with E-state index < -0.39 is 5.60 Å². The first-order valence-electron chi connectivity index (χ1n) is 7.83. The first-order chi connectivity index (χ1) is 9.64. The van der Waals surface area contributed by atoms with E-state index in [9.17, 15) is 4.79 Å². The lowest BCUT2D eigenvalue weighted by molar-refractivity contribution is -0.189. The van der Waals surface area contributed by atoms with Crippen LogP contribution in [0, 0.1) is 11.3 Å². The molecule has 0 radical (unpaired) electrons. The third kappa shape index (κ3) is 1.88. The number of hydrogen-bond acceptors (Lipinski definition) is 4. The minimum absolute atomic E-state index is 0.0906. The number of esters is 1. The number of carbonyl (C=O) groups excluding carboxylic acids is 1. The maximum atomic E-state index is 11.4. The fourth-order valence-corrected chi connectivity index (χ4v) is 4.61. The second kappa shape index (κ2) is 4.25. The van der Waals surface area contributed by atoms with Crippen LogP contribution in [0.25, 0.3) is 0 Å². The van der Waals surface area contributed by atoms with Gasteiger partial charge in [0.2, 0.25) is 0 Å². The zero-order valence-corrected chi connectivity index (χ0v) is 13.7. The second-order valence-electron chi connectivity index (χ2n) is 7.82. The summed E-state index contributed by atoms with van der Waals surface area (Å²) in [6.45, 7) is 10.6. The van der Waals surface area contributed by atoms with Crippen molar-refractivity contribution in [3.8, 4) is 0 Å². The van der Waals surface area contributed by atoms with E-state index in [0.29, 0.717) is 6.61 Å². The lowest BCUT2D eigenvalue weighted by Gasteiger charge is -2.52. The SMILES string of the molecule is CC(=O)OC(C)(C)C1CCC2(C)OCC3(C)C=COC32C1. The van der Waals surface area contributed by atoms with E-state index in [1.54, 1.807) is 0 Å². The van der Waals surface area contributed by atoms with Gasteiger partial charge in [-0.25, -0.2) is 0 Å². The highest BCUT2D eigenvalue weighted by Gasteiger charge is 2.70. The molecule has 2 fully saturated rings. The molecule has 0 amide bonds. The van der Waals surface area contributed by atoms with Crippen molar-refractivity contribution in [1.82, 2.24) is 0 Å². The van der Waals surface area contributed by atoms with Crippen LogP contribution in [0.3, 0.4) is 0 Å². The zero-order chi connectivity index (χ0) is 15.5. The van der Waals surface area contributed by atoms with E-state index >= 15 is 0 Å². The van der Waals surface area contributed by atoms with Crippen molar-refractivity contribution in [2.24, 2.45) is 11.3 Å². The van der Waals surface area contributed by atoms with Gasteiger partial charge in [-0.15, -0.1) is 0 Å². The monoisotopic (exact) mass is 294 g/mol. The van der Waals surface area contributed by atoms with E-state index in [-0.39, 0.29) is 28.5 Å². The molecule has 21 heavy (non-hydrogen) atoms. The van der Waals surface area contributed by atoms with Crippen molar-refractivity contribution >= 4 is 5.97 Å². The Balaban J connectivity index is 1.90. The average Bonchev–Trinajstić information content (AvgIpc) is 2.78. The van der Waals surface area contributed by atoms with E-state index in [2.05, 4.69) is 19.9 Å². The summed E-state index contributed by atoms with van der Waals surface area (Å²) >= 11 is 0. The van der Waals surface area contributed by atoms with Gasteiger partial charge >= 0.3 is 5.97 Å². The van der Waals surface area contributed by atoms with Crippen LogP contribution < -0.4 is 0 Å². The Morgan fingerprint density at radius 1 is 1.38 bits per heavy atom. The molecule has 4 heteroatoms. The maximum Gasteiger partial charge on any atom is 0.303 e. The van der Waals surface area contributed by atoms with Gasteiger partial charge < -0.3 is 14.2 Å². The number of rotatable bonds is 2. The van der Waals surface area contributed by atoms with Crippen molar-refractivity contribution in [2.75, 3.05) is 6.61 Å². The predicted molar refractivity (Wildman–Crippen MR) is 78.6 cm³/mol. The molecule has 0 aromatic heterocycles. The normalized spacial score (nSPS) is 44.9. The summed E-state index contributed by atoms with van der Waals surface area (Å²) < 4.78 is 17.9. The van der Waals surface area contributed by atoms with Crippen LogP contribution in [0.5, 0.6) is 0 Å². The van der Waals surface area contributed by atoms with Gasteiger partial charge in [0.15, 0.2) is 0 Å². The van der Waals surface area contributed by atoms with Gasteiger partial charge in [0.05, 0.1) is 18.3 Å². The Hall–Kier alpha value is -1.03. The van der Waals surface area contributed by atoms with Gasteiger partial charge in [0.25, 0.3) is 0 Å². The molecule has 4 nitrogen and oxygen atoms in total. The standard InChI is InChI=1S/C17H26O4/c1-12(18)21-14(2,3)13-6-7-16(5)17(10-13)15(4,11-20-16)8-9-19-17/h8-9,13H,6-7,10-11H2,1-5H3. The zero-order valence-electron chi connectivity index (χ0n) is 13.7. The largest absolute Gasteiger partial charge is 0.491 e. The predicted octanol–water partition coefficient (Wildman–Crippen LogP) is 3.21. The van der Waals surface area contributed by atoms with E-state index in [1.807, 2.05) is 20.1 Å². The highest BCUT2D eigenvalue weighted by molar-refractivity contribution is 5.66. The van der Waals surface area contributed by atoms with Crippen molar-refractivity contribution in [3.05, 3.63) is 12.3 Å². The lowest BCUT2D eigenvalue weighted by atomic mass is 9.57. The van der Waals surface area contributed by atoms with E-state index in [1.165, 1.54) is 6.92 Å². The Kier molecular flexibility index (Phi) is 3.01. The molecule has 0 aromatic carbocycles. The van der Waals surface area contributed by atoms with Gasteiger partial charge in [-0.3, -0.25) is 4.79 Å². The van der Waals surface area contributed by atoms with Gasteiger partial charge in [-0.05, 0) is 53.0 Å². The first kappa shape index (κ1) is 14.9. The van der Waals surface area contributed by atoms with Crippen LogP contribution in [0.2, 0.25) is 0 Å². The van der Waals surface area contributed by atoms with Crippen LogP contribution >= 0.6 is 0 Å². The summed E-state index contributed by atoms with van der Waals surface area (Å²) in [6, 6.07) is 0. The van der Waals surface area contributed by atoms with Crippen LogP contribution in [0.4, 0.5) is 0 Å². The smallest absolute Gasteiger partial charge is 0.303 e. The number of hydrogen-bond donors (Lipinski definition) is 0. The summed E-state index contributed by atoms with van der Waals surface area (Å²) in [5.41, 5.74) is -1.15. The molecule has 3 aliphatic rings. The summed E-state index contributed by atoms with van der Waals surface area (Å²) in [6.07, 6.45) is 6.74. The van der Waals surface area contributed by atoms with Gasteiger partial charge in [0, 0.05) is 12.8 Å². The summed E-state index contributed by atoms with van der Waals surface area (Å²) in [4.78, 5) is 11.4. The highest BCUT2D eigenvalue weighted by Crippen LogP contribution is 2.62. The number of carbonyl (C=O) groups is 1. The maximum absolute atomic E-state index is 11.4. The van der Waals surface area contributed by atoms with Crippen LogP contribution in [0.1, 0.15) is 53.9 Å². The van der Waals surface area contributed by atoms with E-state index in [0.717, 1.165) is 19.3 Å². The molecule has 0 N–H and O–H groups in total. The fraction of sp³-hybridized carbons (Fsp3) is 0.824. The second-order valence-corrected chi connectivity index (χ2v) is 7.82. The molecule has 3 rings (SSSR count). The first-order valence-corrected chi connectivity index (χ1v) is 7.83. The Bertz CT molecular complexity index is 497. The van der Waals surface area contributed by atoms with Crippen LogP contribution in [0.15, 0.2) is 12.3 Å². The molecule has 118 valence electrons. The molecule has 4 atom stereocenters. The molecule has 1 aliphatic carbocycles. The molecular weight excluding hydrogens is 268 g/mol. The molecule has 4 unspecified atom stereocenters. The van der Waals surface area contributed by atoms with Crippen molar-refractivity contribution in [3.63, 3.8) is 0 Å². The van der Waals surface area contributed by atoms with Crippen LogP contribution in [-0.2, 0) is 19.0 Å². The molecule has 2 heterocycles. The minimum atomic E-state index is -0.475. The molecule has 0 aromatic rings. The molecule has 1 spiro atoms. The molecule has 0 bridgehead atoms. The summed E-state index contributed by atoms with van der Waals surface area (Å²) in [7, 11) is 0. The van der Waals surface area contributed by atoms with Gasteiger partial charge in [0.1, 0.15) is 16.8 Å². The average molecular weight is 294 g/mol. The van der Waals surface area contributed by atoms with Gasteiger partial charge in [-0.1, -0.05) is 0 Å². The molecule has 1 saturated heterocycles. The lowest BCUT2D eigenvalue weighted by Crippen LogP contribution is -2.61. The third-order valence-corrected chi connectivity index (χ3v) is 6.07. The van der Waals surface area contributed by atoms with E-state index in [4.69, 9.17) is 14.2 Å². The molecular formula is C17H26O4. The molecule has 1 saturated carbocycles. The highest BCUT2D eigenvalue weighted by atomic mass is 16.6. The van der Waals surface area contributed by atoms with Gasteiger partial charge in [-0.2, -0.15) is 0 Å².